The van der Waals surface area contributed by atoms with Crippen LogP contribution >= 0.6 is 11.8 Å². The smallest absolute Gasteiger partial charge is 0.288 e. The van der Waals surface area contributed by atoms with Crippen LogP contribution in [0.4, 0.5) is 14.5 Å². The summed E-state index contributed by atoms with van der Waals surface area (Å²) in [5.74, 6) is -0.871. The molecule has 0 amide bonds. The Hall–Kier alpha value is -0.770. The molecule has 0 aliphatic heterocycles. The van der Waals surface area contributed by atoms with Crippen LogP contribution in [0.25, 0.3) is 0 Å². The summed E-state index contributed by atoms with van der Waals surface area (Å²) in [4.78, 5) is 0.639. The number of rotatable bonds is 5. The monoisotopic (exact) mass is 271 g/mol. The van der Waals surface area contributed by atoms with Gasteiger partial charge in [0, 0.05) is 16.6 Å². The van der Waals surface area contributed by atoms with Gasteiger partial charge in [-0.05, 0) is 36.8 Å². The summed E-state index contributed by atoms with van der Waals surface area (Å²) in [6.07, 6.45) is 2.29. The number of halogens is 2. The first-order valence-corrected chi connectivity index (χ1v) is 7.24. The van der Waals surface area contributed by atoms with E-state index in [4.69, 9.17) is 0 Å². The Labute approximate surface area is 111 Å². The number of hydrogen-bond donors (Lipinski definition) is 1. The van der Waals surface area contributed by atoms with E-state index in [1.807, 2.05) is 12.1 Å². The van der Waals surface area contributed by atoms with Gasteiger partial charge in [-0.3, -0.25) is 0 Å². The molecule has 0 atom stereocenters. The predicted octanol–water partition coefficient (Wildman–Crippen LogP) is 4.85. The fraction of sp³-hybridized carbons (Fsp3) is 0.571. The highest BCUT2D eigenvalue weighted by atomic mass is 32.2. The fourth-order valence-corrected chi connectivity index (χ4v) is 2.93. The topological polar surface area (TPSA) is 12.0 Å². The third-order valence-electron chi connectivity index (χ3n) is 3.58. The molecule has 0 radical (unpaired) electrons. The Bertz CT molecular complexity index is 389. The second kappa shape index (κ2) is 5.91. The van der Waals surface area contributed by atoms with Gasteiger partial charge in [-0.1, -0.05) is 37.7 Å². The standard InChI is InChI=1S/C14H19F2NS/c1-9(2)10-7-11(8-10)17-12-5-3-4-6-13(12)18-14(15)16/h3-6,9-11,14,17H,7-8H2,1-2H3. The first kappa shape index (κ1) is 13.7. The van der Waals surface area contributed by atoms with Gasteiger partial charge >= 0.3 is 0 Å². The fourth-order valence-electron chi connectivity index (χ4n) is 2.33. The zero-order valence-electron chi connectivity index (χ0n) is 10.7. The summed E-state index contributed by atoms with van der Waals surface area (Å²) < 4.78 is 24.9. The summed E-state index contributed by atoms with van der Waals surface area (Å²) >= 11 is 0.613. The van der Waals surface area contributed by atoms with Crippen LogP contribution in [-0.4, -0.2) is 11.8 Å². The van der Waals surface area contributed by atoms with Gasteiger partial charge in [0.25, 0.3) is 5.76 Å². The van der Waals surface area contributed by atoms with E-state index in [0.29, 0.717) is 28.6 Å². The summed E-state index contributed by atoms with van der Waals surface area (Å²) in [5.41, 5.74) is 0.843. The molecule has 0 aromatic heterocycles. The summed E-state index contributed by atoms with van der Waals surface area (Å²) in [6.45, 7) is 4.48. The van der Waals surface area contributed by atoms with Crippen molar-refractivity contribution in [3.8, 4) is 0 Å². The van der Waals surface area contributed by atoms with E-state index >= 15 is 0 Å². The molecule has 1 aromatic rings. The summed E-state index contributed by atoms with van der Waals surface area (Å²) in [6, 6.07) is 7.76. The molecular formula is C14H19F2NS. The van der Waals surface area contributed by atoms with Crippen molar-refractivity contribution in [3.05, 3.63) is 24.3 Å². The Morgan fingerprint density at radius 2 is 1.89 bits per heavy atom. The zero-order valence-corrected chi connectivity index (χ0v) is 11.5. The third-order valence-corrected chi connectivity index (χ3v) is 4.37. The van der Waals surface area contributed by atoms with Gasteiger partial charge < -0.3 is 5.32 Å². The van der Waals surface area contributed by atoms with Crippen molar-refractivity contribution in [2.45, 2.75) is 43.4 Å². The number of thioether (sulfide) groups is 1. The van der Waals surface area contributed by atoms with Crippen molar-refractivity contribution in [1.82, 2.24) is 0 Å². The molecule has 0 spiro atoms. The molecule has 0 heterocycles. The number of benzene rings is 1. The van der Waals surface area contributed by atoms with Crippen LogP contribution in [0.1, 0.15) is 26.7 Å². The minimum atomic E-state index is -2.36. The molecule has 1 N–H and O–H groups in total. The quantitative estimate of drug-likeness (QED) is 0.768. The molecule has 1 fully saturated rings. The third kappa shape index (κ3) is 3.37. The molecule has 0 saturated heterocycles. The van der Waals surface area contributed by atoms with Gasteiger partial charge in [0.2, 0.25) is 0 Å². The van der Waals surface area contributed by atoms with Gasteiger partial charge in [0.15, 0.2) is 0 Å². The zero-order chi connectivity index (χ0) is 13.1. The molecule has 0 bridgehead atoms. The van der Waals surface area contributed by atoms with E-state index in [1.54, 1.807) is 12.1 Å². The van der Waals surface area contributed by atoms with Gasteiger partial charge in [0.1, 0.15) is 0 Å². The van der Waals surface area contributed by atoms with Crippen molar-refractivity contribution in [2.24, 2.45) is 11.8 Å². The van der Waals surface area contributed by atoms with Crippen LogP contribution in [0.5, 0.6) is 0 Å². The van der Waals surface area contributed by atoms with Crippen molar-refractivity contribution < 1.29 is 8.78 Å². The number of alkyl halides is 2. The van der Waals surface area contributed by atoms with Crippen LogP contribution < -0.4 is 5.32 Å². The van der Waals surface area contributed by atoms with E-state index in [1.165, 1.54) is 0 Å². The van der Waals surface area contributed by atoms with Crippen LogP contribution in [0.2, 0.25) is 0 Å². The maximum Gasteiger partial charge on any atom is 0.288 e. The molecule has 100 valence electrons. The van der Waals surface area contributed by atoms with Gasteiger partial charge in [-0.2, -0.15) is 8.78 Å². The lowest BCUT2D eigenvalue weighted by Crippen LogP contribution is -2.38. The first-order chi connectivity index (χ1) is 8.56. The molecule has 4 heteroatoms. The van der Waals surface area contributed by atoms with Crippen LogP contribution in [-0.2, 0) is 0 Å². The maximum atomic E-state index is 12.4. The van der Waals surface area contributed by atoms with Crippen molar-refractivity contribution in [3.63, 3.8) is 0 Å². The lowest BCUT2D eigenvalue weighted by atomic mass is 9.73. The minimum Gasteiger partial charge on any atom is -0.381 e. The van der Waals surface area contributed by atoms with Gasteiger partial charge in [0.05, 0.1) is 0 Å². The molecule has 0 unspecified atom stereocenters. The molecule has 1 aliphatic rings. The first-order valence-electron chi connectivity index (χ1n) is 6.36. The lowest BCUT2D eigenvalue weighted by Gasteiger charge is -2.39. The highest BCUT2D eigenvalue weighted by Gasteiger charge is 2.31. The van der Waals surface area contributed by atoms with Crippen LogP contribution in [0.3, 0.4) is 0 Å². The molecule has 2 rings (SSSR count). The minimum absolute atomic E-state index is 0.442. The van der Waals surface area contributed by atoms with E-state index in [-0.39, 0.29) is 0 Å². The van der Waals surface area contributed by atoms with E-state index in [9.17, 15) is 8.78 Å². The second-order valence-corrected chi connectivity index (χ2v) is 6.22. The SMILES string of the molecule is CC(C)C1CC(Nc2ccccc2SC(F)F)C1. The average Bonchev–Trinajstić information content (AvgIpc) is 2.23. The number of hydrogen-bond acceptors (Lipinski definition) is 2. The maximum absolute atomic E-state index is 12.4. The molecule has 1 saturated carbocycles. The number of anilines is 1. The molecular weight excluding hydrogens is 252 g/mol. The summed E-state index contributed by atoms with van der Waals surface area (Å²) in [5, 5.41) is 3.38. The molecule has 1 nitrogen and oxygen atoms in total. The molecule has 1 aromatic carbocycles. The van der Waals surface area contributed by atoms with E-state index in [2.05, 4.69) is 19.2 Å². The number of nitrogens with one attached hydrogen (secondary N) is 1. The van der Waals surface area contributed by atoms with Crippen LogP contribution in [0, 0.1) is 11.8 Å². The average molecular weight is 271 g/mol. The second-order valence-electron chi connectivity index (χ2n) is 5.19. The van der Waals surface area contributed by atoms with Crippen molar-refractivity contribution in [1.29, 1.82) is 0 Å². The van der Waals surface area contributed by atoms with Gasteiger partial charge in [-0.15, -0.1) is 0 Å². The van der Waals surface area contributed by atoms with Crippen molar-refractivity contribution >= 4 is 17.4 Å². The Morgan fingerprint density at radius 1 is 1.22 bits per heavy atom. The highest BCUT2D eigenvalue weighted by Crippen LogP contribution is 2.38. The predicted molar refractivity (Wildman–Crippen MR) is 73.3 cm³/mol. The lowest BCUT2D eigenvalue weighted by molar-refractivity contribution is 0.211. The molecule has 18 heavy (non-hydrogen) atoms. The van der Waals surface area contributed by atoms with E-state index < -0.39 is 5.76 Å². The largest absolute Gasteiger partial charge is 0.381 e. The van der Waals surface area contributed by atoms with E-state index in [0.717, 1.165) is 24.4 Å². The normalized spacial score (nSPS) is 23.2. The highest BCUT2D eigenvalue weighted by molar-refractivity contribution is 7.99. The Morgan fingerprint density at radius 3 is 2.50 bits per heavy atom. The van der Waals surface area contributed by atoms with Crippen molar-refractivity contribution in [2.75, 3.05) is 5.32 Å². The van der Waals surface area contributed by atoms with Crippen LogP contribution in [0.15, 0.2) is 29.2 Å². The summed E-state index contributed by atoms with van der Waals surface area (Å²) in [7, 11) is 0. The number of para-hydroxylation sites is 1. The molecule has 1 aliphatic carbocycles. The van der Waals surface area contributed by atoms with Gasteiger partial charge in [-0.25, -0.2) is 0 Å². The Balaban J connectivity index is 1.94. The Kier molecular flexibility index (Phi) is 4.49.